The van der Waals surface area contributed by atoms with Crippen LogP contribution in [0.4, 0.5) is 4.39 Å². The van der Waals surface area contributed by atoms with E-state index in [1.807, 2.05) is 12.1 Å². The number of nitrogens with zero attached hydrogens (tertiary/aromatic N) is 1. The Morgan fingerprint density at radius 1 is 1.43 bits per heavy atom. The molecule has 3 nitrogen and oxygen atoms in total. The van der Waals surface area contributed by atoms with Gasteiger partial charge in [0.1, 0.15) is 12.4 Å². The van der Waals surface area contributed by atoms with Gasteiger partial charge in [-0.2, -0.15) is 5.26 Å². The molecule has 1 amide bonds. The largest absolute Gasteiger partial charge is 0.343 e. The van der Waals surface area contributed by atoms with E-state index in [1.54, 1.807) is 17.8 Å². The summed E-state index contributed by atoms with van der Waals surface area (Å²) >= 11 is 1.60. The number of carbonyl (C=O) groups excluding carboxylic acids is 1. The molecule has 1 aromatic carbocycles. The highest BCUT2D eigenvalue weighted by atomic mass is 32.2. The van der Waals surface area contributed by atoms with Gasteiger partial charge >= 0.3 is 0 Å². The number of hydrogen-bond acceptors (Lipinski definition) is 3. The van der Waals surface area contributed by atoms with E-state index in [9.17, 15) is 9.18 Å². The molecule has 5 heteroatoms. The van der Waals surface area contributed by atoms with Crippen molar-refractivity contribution in [1.29, 1.82) is 5.26 Å². The first-order valence-electron chi connectivity index (χ1n) is 7.23. The van der Waals surface area contributed by atoms with Crippen LogP contribution in [-0.2, 0) is 4.79 Å². The van der Waals surface area contributed by atoms with Crippen molar-refractivity contribution >= 4 is 17.7 Å². The van der Waals surface area contributed by atoms with Gasteiger partial charge in [0.2, 0.25) is 5.91 Å². The maximum atomic E-state index is 13.2. The van der Waals surface area contributed by atoms with Crippen LogP contribution in [0, 0.1) is 29.0 Å². The van der Waals surface area contributed by atoms with Crippen molar-refractivity contribution in [3.05, 3.63) is 30.1 Å². The molecule has 1 fully saturated rings. The quantitative estimate of drug-likeness (QED) is 0.670. The Balaban J connectivity index is 1.92. The molecule has 1 N–H and O–H groups in total. The molecule has 2 unspecified atom stereocenters. The molecule has 1 saturated carbocycles. The van der Waals surface area contributed by atoms with Crippen molar-refractivity contribution in [3.63, 3.8) is 0 Å². The summed E-state index contributed by atoms with van der Waals surface area (Å²) in [5.74, 6) is 0.848. The van der Waals surface area contributed by atoms with Gasteiger partial charge in [-0.05, 0) is 37.0 Å². The Morgan fingerprint density at radius 2 is 2.24 bits per heavy atom. The fourth-order valence-corrected chi connectivity index (χ4v) is 3.95. The summed E-state index contributed by atoms with van der Waals surface area (Å²) in [6.45, 7) is 0.0685. The van der Waals surface area contributed by atoms with Gasteiger partial charge in [-0.15, -0.1) is 11.8 Å². The molecule has 0 aliphatic heterocycles. The molecule has 0 heterocycles. The first-order chi connectivity index (χ1) is 10.2. The van der Waals surface area contributed by atoms with Crippen molar-refractivity contribution in [3.8, 4) is 6.07 Å². The normalized spacial score (nSPS) is 21.5. The Labute approximate surface area is 128 Å². The summed E-state index contributed by atoms with van der Waals surface area (Å²) in [4.78, 5) is 13.0. The van der Waals surface area contributed by atoms with E-state index in [1.165, 1.54) is 12.1 Å². The number of carbonyl (C=O) groups is 1. The van der Waals surface area contributed by atoms with Gasteiger partial charge in [0.25, 0.3) is 0 Å². The average Bonchev–Trinajstić information content (AvgIpc) is 2.51. The number of amides is 1. The average molecular weight is 306 g/mol. The van der Waals surface area contributed by atoms with E-state index >= 15 is 0 Å². The van der Waals surface area contributed by atoms with Gasteiger partial charge in [-0.1, -0.05) is 18.9 Å². The Hall–Kier alpha value is -1.54. The van der Waals surface area contributed by atoms with Crippen molar-refractivity contribution in [1.82, 2.24) is 5.32 Å². The van der Waals surface area contributed by atoms with Crippen LogP contribution in [0.5, 0.6) is 0 Å². The number of nitriles is 1. The summed E-state index contributed by atoms with van der Waals surface area (Å²) in [6, 6.07) is 8.49. The molecule has 0 bridgehead atoms. The van der Waals surface area contributed by atoms with Gasteiger partial charge in [-0.25, -0.2) is 4.39 Å². The number of nitrogens with one attached hydrogen (secondary N) is 1. The number of thioether (sulfide) groups is 1. The van der Waals surface area contributed by atoms with E-state index in [0.717, 1.165) is 36.3 Å². The second-order valence-corrected chi connectivity index (χ2v) is 6.39. The standard InChI is InChI=1S/C16H19FN2OS/c17-13-5-3-6-14(10-13)21-11-12-4-1-2-7-15(12)16(20)19-9-8-18/h3,5-6,10,12,15H,1-2,4,7,9,11H2,(H,19,20). The van der Waals surface area contributed by atoms with Crippen LogP contribution in [0.2, 0.25) is 0 Å². The zero-order chi connectivity index (χ0) is 15.1. The van der Waals surface area contributed by atoms with Crippen molar-refractivity contribution in [2.75, 3.05) is 12.3 Å². The summed E-state index contributed by atoms with van der Waals surface area (Å²) in [5, 5.41) is 11.2. The van der Waals surface area contributed by atoms with Crippen LogP contribution < -0.4 is 5.32 Å². The van der Waals surface area contributed by atoms with Crippen LogP contribution in [0.3, 0.4) is 0 Å². The minimum atomic E-state index is -0.230. The fourth-order valence-electron chi connectivity index (χ4n) is 2.77. The molecule has 0 saturated heterocycles. The lowest BCUT2D eigenvalue weighted by atomic mass is 9.80. The van der Waals surface area contributed by atoms with E-state index in [-0.39, 0.29) is 24.2 Å². The van der Waals surface area contributed by atoms with Crippen LogP contribution in [-0.4, -0.2) is 18.2 Å². The van der Waals surface area contributed by atoms with Crippen molar-refractivity contribution < 1.29 is 9.18 Å². The van der Waals surface area contributed by atoms with Gasteiger partial charge in [0.15, 0.2) is 0 Å². The molecular formula is C16H19FN2OS. The SMILES string of the molecule is N#CCNC(=O)C1CCCCC1CSc1cccc(F)c1. The predicted molar refractivity (Wildman–Crippen MR) is 81.2 cm³/mol. The summed E-state index contributed by atoms with van der Waals surface area (Å²) in [6.07, 6.45) is 4.10. The van der Waals surface area contributed by atoms with Crippen molar-refractivity contribution in [2.24, 2.45) is 11.8 Å². The van der Waals surface area contributed by atoms with Crippen LogP contribution >= 0.6 is 11.8 Å². The molecule has 2 rings (SSSR count). The molecule has 0 spiro atoms. The summed E-state index contributed by atoms with van der Waals surface area (Å²) < 4.78 is 13.2. The number of rotatable bonds is 5. The first-order valence-corrected chi connectivity index (χ1v) is 8.22. The molecule has 21 heavy (non-hydrogen) atoms. The molecule has 1 aliphatic rings. The monoisotopic (exact) mass is 306 g/mol. The maximum absolute atomic E-state index is 13.2. The lowest BCUT2D eigenvalue weighted by molar-refractivity contribution is -0.127. The number of halogens is 1. The molecule has 1 aliphatic carbocycles. The third-order valence-corrected chi connectivity index (χ3v) is 5.03. The lowest BCUT2D eigenvalue weighted by Crippen LogP contribution is -2.37. The first kappa shape index (κ1) is 15.8. The number of hydrogen-bond donors (Lipinski definition) is 1. The van der Waals surface area contributed by atoms with E-state index < -0.39 is 0 Å². The lowest BCUT2D eigenvalue weighted by Gasteiger charge is -2.30. The Morgan fingerprint density at radius 3 is 3.00 bits per heavy atom. The third-order valence-electron chi connectivity index (χ3n) is 3.85. The highest BCUT2D eigenvalue weighted by molar-refractivity contribution is 7.99. The van der Waals surface area contributed by atoms with Gasteiger partial charge < -0.3 is 5.32 Å². The minimum Gasteiger partial charge on any atom is -0.343 e. The highest BCUT2D eigenvalue weighted by Crippen LogP contribution is 2.34. The maximum Gasteiger partial charge on any atom is 0.224 e. The second-order valence-electron chi connectivity index (χ2n) is 5.30. The van der Waals surface area contributed by atoms with Gasteiger partial charge in [0, 0.05) is 16.6 Å². The zero-order valence-corrected chi connectivity index (χ0v) is 12.7. The minimum absolute atomic E-state index is 0.0129. The van der Waals surface area contributed by atoms with Crippen molar-refractivity contribution in [2.45, 2.75) is 30.6 Å². The highest BCUT2D eigenvalue weighted by Gasteiger charge is 2.30. The van der Waals surface area contributed by atoms with E-state index in [4.69, 9.17) is 5.26 Å². The van der Waals surface area contributed by atoms with E-state index in [0.29, 0.717) is 5.92 Å². The molecule has 112 valence electrons. The smallest absolute Gasteiger partial charge is 0.224 e. The zero-order valence-electron chi connectivity index (χ0n) is 11.8. The third kappa shape index (κ3) is 4.75. The van der Waals surface area contributed by atoms with Crippen LogP contribution in [0.15, 0.2) is 29.2 Å². The van der Waals surface area contributed by atoms with E-state index in [2.05, 4.69) is 5.32 Å². The van der Waals surface area contributed by atoms with Gasteiger partial charge in [0.05, 0.1) is 6.07 Å². The predicted octanol–water partition coefficient (Wildman–Crippen LogP) is 3.36. The number of benzene rings is 1. The molecule has 0 aromatic heterocycles. The second kappa shape index (κ2) is 8.04. The molecule has 0 radical (unpaired) electrons. The summed E-state index contributed by atoms with van der Waals surface area (Å²) in [7, 11) is 0. The fraction of sp³-hybridized carbons (Fsp3) is 0.500. The Bertz CT molecular complexity index is 529. The molecular weight excluding hydrogens is 287 g/mol. The topological polar surface area (TPSA) is 52.9 Å². The van der Waals surface area contributed by atoms with Crippen LogP contribution in [0.1, 0.15) is 25.7 Å². The van der Waals surface area contributed by atoms with Crippen LogP contribution in [0.25, 0.3) is 0 Å². The molecule has 1 aromatic rings. The summed E-state index contributed by atoms with van der Waals surface area (Å²) in [5.41, 5.74) is 0. The van der Waals surface area contributed by atoms with Gasteiger partial charge in [-0.3, -0.25) is 4.79 Å². The Kier molecular flexibility index (Phi) is 6.06. The molecule has 2 atom stereocenters.